The first-order valence-electron chi connectivity index (χ1n) is 8.27. The number of hydrogen-bond donors (Lipinski definition) is 0. The van der Waals surface area contributed by atoms with Gasteiger partial charge in [-0.25, -0.2) is 8.42 Å². The zero-order valence-corrected chi connectivity index (χ0v) is 16.8. The third-order valence-electron chi connectivity index (χ3n) is 4.56. The van der Waals surface area contributed by atoms with Gasteiger partial charge in [-0.1, -0.05) is 0 Å². The molecule has 0 N–H and O–H groups in total. The molecular weight excluding hydrogens is 422 g/mol. The van der Waals surface area contributed by atoms with Gasteiger partial charge in [-0.05, 0) is 59.1 Å². The predicted molar refractivity (Wildman–Crippen MR) is 101 cm³/mol. The smallest absolute Gasteiger partial charge is 0.255 e. The van der Waals surface area contributed by atoms with Crippen molar-refractivity contribution in [3.8, 4) is 5.75 Å². The number of likely N-dealkylation sites (tertiary alicyclic amines) is 1. The highest BCUT2D eigenvalue weighted by molar-refractivity contribution is 9.10. The summed E-state index contributed by atoms with van der Waals surface area (Å²) >= 11 is 3.39. The maximum Gasteiger partial charge on any atom is 0.255 e. The number of hydrogen-bond acceptors (Lipinski definition) is 5. The number of piperidine rings is 1. The van der Waals surface area contributed by atoms with Crippen molar-refractivity contribution < 1.29 is 22.4 Å². The van der Waals surface area contributed by atoms with Crippen LogP contribution in [0.4, 0.5) is 0 Å². The quantitative estimate of drug-likeness (QED) is 0.711. The van der Waals surface area contributed by atoms with Gasteiger partial charge >= 0.3 is 0 Å². The van der Waals surface area contributed by atoms with E-state index in [0.717, 1.165) is 0 Å². The van der Waals surface area contributed by atoms with Crippen LogP contribution in [0.1, 0.15) is 29.0 Å². The molecule has 0 aliphatic carbocycles. The van der Waals surface area contributed by atoms with Crippen molar-refractivity contribution in [2.24, 2.45) is 0 Å². The Morgan fingerprint density at radius 3 is 2.65 bits per heavy atom. The second-order valence-electron chi connectivity index (χ2n) is 6.22. The van der Waals surface area contributed by atoms with Crippen LogP contribution in [0.15, 0.2) is 45.5 Å². The molecule has 0 radical (unpaired) electrons. The summed E-state index contributed by atoms with van der Waals surface area (Å²) in [6.45, 7) is 0.815. The van der Waals surface area contributed by atoms with Crippen LogP contribution in [0.2, 0.25) is 0 Å². The molecule has 0 spiro atoms. The molecule has 0 bridgehead atoms. The van der Waals surface area contributed by atoms with Gasteiger partial charge in [0.2, 0.25) is 0 Å². The van der Waals surface area contributed by atoms with E-state index >= 15 is 0 Å². The second-order valence-corrected chi connectivity index (χ2v) is 9.36. The third-order valence-corrected chi connectivity index (χ3v) is 7.43. The SMILES string of the molecule is COc1ccc(Br)c(C(=O)N2CCC(S(=O)(=O)Cc3ccco3)CC2)c1. The summed E-state index contributed by atoms with van der Waals surface area (Å²) < 4.78 is 36.1. The number of halogens is 1. The fourth-order valence-corrected chi connectivity index (χ4v) is 5.24. The largest absolute Gasteiger partial charge is 0.497 e. The Morgan fingerprint density at radius 1 is 1.31 bits per heavy atom. The average Bonchev–Trinajstić information content (AvgIpc) is 3.14. The second kappa shape index (κ2) is 7.84. The van der Waals surface area contributed by atoms with Crippen molar-refractivity contribution in [1.29, 1.82) is 0 Å². The lowest BCUT2D eigenvalue weighted by atomic mass is 10.1. The molecule has 1 aromatic carbocycles. The van der Waals surface area contributed by atoms with Crippen LogP contribution in [0.3, 0.4) is 0 Å². The van der Waals surface area contributed by atoms with E-state index in [2.05, 4.69) is 15.9 Å². The molecule has 1 aliphatic heterocycles. The highest BCUT2D eigenvalue weighted by Gasteiger charge is 2.32. The van der Waals surface area contributed by atoms with Gasteiger partial charge in [-0.3, -0.25) is 4.79 Å². The molecule has 26 heavy (non-hydrogen) atoms. The predicted octanol–water partition coefficient (Wildman–Crippen LogP) is 3.27. The molecule has 8 heteroatoms. The molecule has 0 saturated carbocycles. The number of benzene rings is 1. The lowest BCUT2D eigenvalue weighted by molar-refractivity contribution is 0.0724. The molecule has 2 heterocycles. The standard InChI is InChI=1S/C18H20BrNO5S/c1-24-13-4-5-17(19)16(11-13)18(21)20-8-6-15(7-9-20)26(22,23)12-14-3-2-10-25-14/h2-5,10-11,15H,6-9,12H2,1H3. The van der Waals surface area contributed by atoms with Crippen molar-refractivity contribution in [2.75, 3.05) is 20.2 Å². The van der Waals surface area contributed by atoms with Crippen molar-refractivity contribution in [3.05, 3.63) is 52.4 Å². The topological polar surface area (TPSA) is 76.8 Å². The van der Waals surface area contributed by atoms with Crippen LogP contribution in [-0.4, -0.2) is 44.7 Å². The van der Waals surface area contributed by atoms with Crippen molar-refractivity contribution in [2.45, 2.75) is 23.8 Å². The molecule has 1 aromatic heterocycles. The van der Waals surface area contributed by atoms with Gasteiger partial charge in [0, 0.05) is 17.6 Å². The van der Waals surface area contributed by atoms with Crippen molar-refractivity contribution in [1.82, 2.24) is 4.90 Å². The Hall–Kier alpha value is -1.80. The molecule has 0 unspecified atom stereocenters. The Balaban J connectivity index is 1.66. The van der Waals surface area contributed by atoms with Crippen LogP contribution in [0, 0.1) is 0 Å². The van der Waals surface area contributed by atoms with E-state index in [1.54, 1.807) is 42.3 Å². The van der Waals surface area contributed by atoms with E-state index in [1.165, 1.54) is 6.26 Å². The van der Waals surface area contributed by atoms with Crippen LogP contribution in [0.5, 0.6) is 5.75 Å². The summed E-state index contributed by atoms with van der Waals surface area (Å²) in [6, 6.07) is 8.57. The summed E-state index contributed by atoms with van der Waals surface area (Å²) in [5, 5.41) is -0.453. The van der Waals surface area contributed by atoms with Crippen LogP contribution < -0.4 is 4.74 Å². The first-order chi connectivity index (χ1) is 12.4. The molecule has 1 amide bonds. The minimum Gasteiger partial charge on any atom is -0.497 e. The molecule has 140 valence electrons. The first-order valence-corrected chi connectivity index (χ1v) is 10.8. The molecule has 6 nitrogen and oxygen atoms in total. The summed E-state index contributed by atoms with van der Waals surface area (Å²) in [4.78, 5) is 14.5. The molecular formula is C18H20BrNO5S. The number of nitrogens with zero attached hydrogens (tertiary/aromatic N) is 1. The molecule has 2 aromatic rings. The minimum atomic E-state index is -3.30. The summed E-state index contributed by atoms with van der Waals surface area (Å²) in [6.07, 6.45) is 2.32. The van der Waals surface area contributed by atoms with Crippen molar-refractivity contribution in [3.63, 3.8) is 0 Å². The van der Waals surface area contributed by atoms with E-state index in [4.69, 9.17) is 9.15 Å². The van der Waals surface area contributed by atoms with Gasteiger partial charge in [-0.2, -0.15) is 0 Å². The maximum absolute atomic E-state index is 12.8. The first kappa shape index (κ1) is 19.0. The highest BCUT2D eigenvalue weighted by Crippen LogP contribution is 2.27. The average molecular weight is 442 g/mol. The fourth-order valence-electron chi connectivity index (χ4n) is 3.09. The van der Waals surface area contributed by atoms with Crippen LogP contribution in [-0.2, 0) is 15.6 Å². The highest BCUT2D eigenvalue weighted by atomic mass is 79.9. The molecule has 0 atom stereocenters. The maximum atomic E-state index is 12.8. The fraction of sp³-hybridized carbons (Fsp3) is 0.389. The Bertz CT molecular complexity index is 871. The number of furan rings is 1. The monoisotopic (exact) mass is 441 g/mol. The van der Waals surface area contributed by atoms with E-state index in [1.807, 2.05) is 0 Å². The van der Waals surface area contributed by atoms with E-state index in [0.29, 0.717) is 47.5 Å². The summed E-state index contributed by atoms with van der Waals surface area (Å²) in [5.41, 5.74) is 0.515. The number of methoxy groups -OCH3 is 1. The number of rotatable bonds is 5. The van der Waals surface area contributed by atoms with Crippen LogP contribution in [0.25, 0.3) is 0 Å². The number of sulfone groups is 1. The lowest BCUT2D eigenvalue weighted by Crippen LogP contribution is -2.42. The van der Waals surface area contributed by atoms with Crippen LogP contribution >= 0.6 is 15.9 Å². The van der Waals surface area contributed by atoms with Gasteiger partial charge < -0.3 is 14.1 Å². The number of carbonyl (C=O) groups excluding carboxylic acids is 1. The van der Waals surface area contributed by atoms with E-state index in [-0.39, 0.29) is 11.7 Å². The van der Waals surface area contributed by atoms with Crippen molar-refractivity contribution >= 4 is 31.7 Å². The number of ether oxygens (including phenoxy) is 1. The zero-order chi connectivity index (χ0) is 18.7. The lowest BCUT2D eigenvalue weighted by Gasteiger charge is -2.32. The molecule has 1 fully saturated rings. The van der Waals surface area contributed by atoms with Gasteiger partial charge in [0.05, 0.1) is 24.2 Å². The van der Waals surface area contributed by atoms with E-state index in [9.17, 15) is 13.2 Å². The third kappa shape index (κ3) is 4.12. The minimum absolute atomic E-state index is 0.0972. The van der Waals surface area contributed by atoms with Gasteiger partial charge in [0.25, 0.3) is 5.91 Å². The molecule has 3 rings (SSSR count). The number of carbonyl (C=O) groups is 1. The Labute approximate surface area is 161 Å². The normalized spacial score (nSPS) is 15.8. The Morgan fingerprint density at radius 2 is 2.04 bits per heavy atom. The van der Waals surface area contributed by atoms with Gasteiger partial charge in [-0.15, -0.1) is 0 Å². The summed E-state index contributed by atoms with van der Waals surface area (Å²) in [5.74, 6) is 0.828. The van der Waals surface area contributed by atoms with E-state index < -0.39 is 15.1 Å². The Kier molecular flexibility index (Phi) is 5.72. The zero-order valence-electron chi connectivity index (χ0n) is 14.4. The number of amides is 1. The van der Waals surface area contributed by atoms with Gasteiger partial charge in [0.15, 0.2) is 9.84 Å². The summed E-state index contributed by atoms with van der Waals surface area (Å²) in [7, 11) is -1.75. The molecule has 1 saturated heterocycles. The molecule has 1 aliphatic rings. The van der Waals surface area contributed by atoms with Gasteiger partial charge in [0.1, 0.15) is 17.3 Å².